The fourth-order valence-corrected chi connectivity index (χ4v) is 2.89. The second-order valence-corrected chi connectivity index (χ2v) is 5.85. The lowest BCUT2D eigenvalue weighted by Crippen LogP contribution is -1.79. The average molecular weight is 295 g/mol. The molecule has 0 unspecified atom stereocenters. The summed E-state index contributed by atoms with van der Waals surface area (Å²) < 4.78 is 2.90. The van der Waals surface area contributed by atoms with Crippen LogP contribution in [0.5, 0.6) is 5.75 Å². The van der Waals surface area contributed by atoms with E-state index in [-0.39, 0.29) is 5.75 Å². The maximum atomic E-state index is 9.36. The summed E-state index contributed by atoms with van der Waals surface area (Å²) in [6, 6.07) is 7.45. The maximum Gasteiger partial charge on any atom is 0.137 e. The quantitative estimate of drug-likeness (QED) is 0.745. The van der Waals surface area contributed by atoms with Gasteiger partial charge in [-0.3, -0.25) is 0 Å². The van der Waals surface area contributed by atoms with Gasteiger partial charge in [0.2, 0.25) is 0 Å². The summed E-state index contributed by atoms with van der Waals surface area (Å²) in [5, 5.41) is 9.36. The Kier molecular flexibility index (Phi) is 2.22. The molecule has 16 heavy (non-hydrogen) atoms. The van der Waals surface area contributed by atoms with Crippen LogP contribution in [-0.4, -0.2) is 14.5 Å². The molecule has 3 nitrogen and oxygen atoms in total. The zero-order chi connectivity index (χ0) is 11.1. The van der Waals surface area contributed by atoms with Crippen LogP contribution in [0.1, 0.15) is 0 Å². The molecule has 80 valence electrons. The summed E-state index contributed by atoms with van der Waals surface area (Å²) in [7, 11) is 0. The molecule has 0 aliphatic carbocycles. The van der Waals surface area contributed by atoms with Gasteiger partial charge in [-0.15, -0.1) is 11.3 Å². The van der Waals surface area contributed by atoms with Gasteiger partial charge in [-0.05, 0) is 40.2 Å². The number of fused-ring (bicyclic) bond motifs is 1. The molecule has 0 spiro atoms. The van der Waals surface area contributed by atoms with E-state index in [2.05, 4.69) is 20.9 Å². The van der Waals surface area contributed by atoms with Crippen molar-refractivity contribution in [1.29, 1.82) is 0 Å². The smallest absolute Gasteiger partial charge is 0.137 e. The van der Waals surface area contributed by atoms with Gasteiger partial charge in [-0.2, -0.15) is 0 Å². The van der Waals surface area contributed by atoms with E-state index in [4.69, 9.17) is 0 Å². The first-order valence-corrected chi connectivity index (χ1v) is 6.27. The Bertz CT molecular complexity index is 659. The van der Waals surface area contributed by atoms with E-state index in [0.29, 0.717) is 0 Å². The van der Waals surface area contributed by atoms with Crippen molar-refractivity contribution in [3.8, 4) is 16.3 Å². The first-order chi connectivity index (χ1) is 7.72. The SMILES string of the molecule is Oc1ccc2nc(-c3ccc(Br)s3)cn2c1. The third-order valence-electron chi connectivity index (χ3n) is 2.26. The molecule has 1 N–H and O–H groups in total. The van der Waals surface area contributed by atoms with Crippen molar-refractivity contribution in [2.75, 3.05) is 0 Å². The number of aromatic nitrogens is 2. The van der Waals surface area contributed by atoms with Crippen molar-refractivity contribution < 1.29 is 5.11 Å². The number of aromatic hydroxyl groups is 1. The fraction of sp³-hybridized carbons (Fsp3) is 0. The van der Waals surface area contributed by atoms with Gasteiger partial charge in [0.1, 0.15) is 11.4 Å². The van der Waals surface area contributed by atoms with E-state index in [1.165, 1.54) is 0 Å². The van der Waals surface area contributed by atoms with Crippen molar-refractivity contribution in [3.63, 3.8) is 0 Å². The van der Waals surface area contributed by atoms with Gasteiger partial charge in [0.25, 0.3) is 0 Å². The Labute approximate surface area is 104 Å². The summed E-state index contributed by atoms with van der Waals surface area (Å²) in [6.45, 7) is 0. The number of halogens is 1. The van der Waals surface area contributed by atoms with Crippen LogP contribution >= 0.6 is 27.3 Å². The van der Waals surface area contributed by atoms with Crippen molar-refractivity contribution in [1.82, 2.24) is 9.38 Å². The van der Waals surface area contributed by atoms with E-state index in [9.17, 15) is 5.11 Å². The van der Waals surface area contributed by atoms with Crippen LogP contribution in [0.3, 0.4) is 0 Å². The number of thiophene rings is 1. The lowest BCUT2D eigenvalue weighted by molar-refractivity contribution is 0.472. The highest BCUT2D eigenvalue weighted by Gasteiger charge is 2.06. The molecule has 0 saturated heterocycles. The third kappa shape index (κ3) is 1.62. The topological polar surface area (TPSA) is 37.5 Å². The summed E-state index contributed by atoms with van der Waals surface area (Å²) in [5.41, 5.74) is 1.75. The number of hydrogen-bond acceptors (Lipinski definition) is 3. The molecule has 0 atom stereocenters. The first kappa shape index (κ1) is 9.86. The van der Waals surface area contributed by atoms with Crippen LogP contribution in [-0.2, 0) is 0 Å². The Balaban J connectivity index is 2.18. The van der Waals surface area contributed by atoms with E-state index in [1.807, 2.05) is 22.7 Å². The van der Waals surface area contributed by atoms with Gasteiger partial charge in [0.15, 0.2) is 0 Å². The number of imidazole rings is 1. The molecule has 3 aromatic heterocycles. The number of nitrogens with zero attached hydrogens (tertiary/aromatic N) is 2. The van der Waals surface area contributed by atoms with Crippen LogP contribution in [0.15, 0.2) is 40.4 Å². The van der Waals surface area contributed by atoms with Crippen LogP contribution in [0.25, 0.3) is 16.2 Å². The molecule has 0 aliphatic rings. The minimum absolute atomic E-state index is 0.240. The number of hydrogen-bond donors (Lipinski definition) is 1. The Hall–Kier alpha value is -1.33. The van der Waals surface area contributed by atoms with Crippen LogP contribution < -0.4 is 0 Å². The van der Waals surface area contributed by atoms with Crippen molar-refractivity contribution >= 4 is 32.9 Å². The lowest BCUT2D eigenvalue weighted by atomic mass is 10.4. The molecule has 0 aliphatic heterocycles. The maximum absolute atomic E-state index is 9.36. The van der Waals surface area contributed by atoms with E-state index in [1.54, 1.807) is 29.7 Å². The van der Waals surface area contributed by atoms with Gasteiger partial charge in [-0.1, -0.05) is 0 Å². The molecule has 0 bridgehead atoms. The van der Waals surface area contributed by atoms with Crippen LogP contribution in [0.2, 0.25) is 0 Å². The second-order valence-electron chi connectivity index (χ2n) is 3.38. The predicted octanol–water partition coefficient (Wildman–Crippen LogP) is 3.53. The molecule has 0 aromatic carbocycles. The summed E-state index contributed by atoms with van der Waals surface area (Å²) in [4.78, 5) is 5.59. The standard InChI is InChI=1S/C11H7BrN2OS/c12-10-3-2-9(16-10)8-6-14-5-7(15)1-4-11(14)13-8/h1-6,15H. The number of pyridine rings is 1. The molecule has 0 amide bonds. The molecular formula is C11H7BrN2OS. The van der Waals surface area contributed by atoms with E-state index >= 15 is 0 Å². The molecule has 0 saturated carbocycles. The lowest BCUT2D eigenvalue weighted by Gasteiger charge is -1.92. The highest BCUT2D eigenvalue weighted by molar-refractivity contribution is 9.11. The monoisotopic (exact) mass is 294 g/mol. The van der Waals surface area contributed by atoms with Crippen LogP contribution in [0.4, 0.5) is 0 Å². The molecular weight excluding hydrogens is 288 g/mol. The predicted molar refractivity (Wildman–Crippen MR) is 67.9 cm³/mol. The van der Waals surface area contributed by atoms with Crippen LogP contribution in [0, 0.1) is 0 Å². The third-order valence-corrected chi connectivity index (χ3v) is 3.91. The fourth-order valence-electron chi connectivity index (χ4n) is 1.55. The van der Waals surface area contributed by atoms with E-state index < -0.39 is 0 Å². The summed E-state index contributed by atoms with van der Waals surface area (Å²) in [5.74, 6) is 0.240. The highest BCUT2D eigenvalue weighted by atomic mass is 79.9. The van der Waals surface area contributed by atoms with Crippen molar-refractivity contribution in [3.05, 3.63) is 40.4 Å². The average Bonchev–Trinajstić information content (AvgIpc) is 2.83. The highest BCUT2D eigenvalue weighted by Crippen LogP contribution is 2.30. The van der Waals surface area contributed by atoms with Gasteiger partial charge in [-0.25, -0.2) is 4.98 Å². The Morgan fingerprint density at radius 1 is 1.19 bits per heavy atom. The molecule has 5 heteroatoms. The minimum Gasteiger partial charge on any atom is -0.506 e. The van der Waals surface area contributed by atoms with Gasteiger partial charge >= 0.3 is 0 Å². The number of rotatable bonds is 1. The van der Waals surface area contributed by atoms with Crippen molar-refractivity contribution in [2.24, 2.45) is 0 Å². The molecule has 3 aromatic rings. The van der Waals surface area contributed by atoms with Gasteiger partial charge in [0.05, 0.1) is 20.6 Å². The second kappa shape index (κ2) is 3.61. The first-order valence-electron chi connectivity index (χ1n) is 4.66. The largest absolute Gasteiger partial charge is 0.506 e. The Morgan fingerprint density at radius 3 is 2.81 bits per heavy atom. The summed E-state index contributed by atoms with van der Waals surface area (Å²) in [6.07, 6.45) is 3.56. The molecule has 0 fully saturated rings. The molecule has 3 heterocycles. The molecule has 0 radical (unpaired) electrons. The van der Waals surface area contributed by atoms with Gasteiger partial charge < -0.3 is 9.51 Å². The molecule has 3 rings (SSSR count). The minimum atomic E-state index is 0.240. The van der Waals surface area contributed by atoms with E-state index in [0.717, 1.165) is 20.0 Å². The zero-order valence-electron chi connectivity index (χ0n) is 8.09. The van der Waals surface area contributed by atoms with Gasteiger partial charge in [0, 0.05) is 6.20 Å². The summed E-state index contributed by atoms with van der Waals surface area (Å²) >= 11 is 5.07. The van der Waals surface area contributed by atoms with Crippen molar-refractivity contribution in [2.45, 2.75) is 0 Å². The normalized spacial score (nSPS) is 11.1. The zero-order valence-corrected chi connectivity index (χ0v) is 10.5. The Morgan fingerprint density at radius 2 is 2.06 bits per heavy atom.